The normalized spacial score (nSPS) is 17.5. The van der Waals surface area contributed by atoms with E-state index in [-0.39, 0.29) is 23.2 Å². The fourth-order valence-corrected chi connectivity index (χ4v) is 2.33. The molecular weight excluding hydrogens is 308 g/mol. The average Bonchev–Trinajstić information content (AvgIpc) is 2.54. The number of amides is 2. The van der Waals surface area contributed by atoms with Crippen molar-refractivity contribution < 1.29 is 24.5 Å². The molecule has 3 N–H and O–H groups in total. The van der Waals surface area contributed by atoms with Gasteiger partial charge in [0.1, 0.15) is 5.75 Å². The Morgan fingerprint density at radius 2 is 2.04 bits per heavy atom. The molecule has 0 aliphatic carbocycles. The zero-order valence-electron chi connectivity index (χ0n) is 12.1. The van der Waals surface area contributed by atoms with Gasteiger partial charge in [0.25, 0.3) is 11.6 Å². The standard InChI is InChI=1S/C13H16N4O6/c14-16(20)12(18)9-2-1-7-15(8-9)13(19)23-11-5-3-10(4-6-11)17(21)22/h3-6,9,20H,1-2,7-8,14H2. The molecule has 124 valence electrons. The third-order valence-electron chi connectivity index (χ3n) is 3.51. The first-order chi connectivity index (χ1) is 10.9. The lowest BCUT2D eigenvalue weighted by atomic mass is 9.98. The van der Waals surface area contributed by atoms with Crippen LogP contribution in [0.1, 0.15) is 12.8 Å². The monoisotopic (exact) mass is 324 g/mol. The molecule has 1 aromatic carbocycles. The second-order valence-corrected chi connectivity index (χ2v) is 5.09. The van der Waals surface area contributed by atoms with E-state index in [2.05, 4.69) is 0 Å². The maximum Gasteiger partial charge on any atom is 0.415 e. The van der Waals surface area contributed by atoms with Crippen LogP contribution in [0.2, 0.25) is 0 Å². The summed E-state index contributed by atoms with van der Waals surface area (Å²) in [6, 6.07) is 5.09. The molecule has 2 rings (SSSR count). The third kappa shape index (κ3) is 4.14. The Labute approximate surface area is 131 Å². The number of benzene rings is 1. The van der Waals surface area contributed by atoms with Crippen LogP contribution >= 0.6 is 0 Å². The summed E-state index contributed by atoms with van der Waals surface area (Å²) in [6.45, 7) is 0.491. The van der Waals surface area contributed by atoms with Crippen molar-refractivity contribution in [2.75, 3.05) is 13.1 Å². The molecule has 1 unspecified atom stereocenters. The molecular formula is C13H16N4O6. The molecule has 1 aliphatic heterocycles. The van der Waals surface area contributed by atoms with Gasteiger partial charge in [-0.15, -0.1) is 0 Å². The van der Waals surface area contributed by atoms with Gasteiger partial charge in [0.15, 0.2) is 0 Å². The van der Waals surface area contributed by atoms with E-state index >= 15 is 0 Å². The Hall–Kier alpha value is -2.72. The van der Waals surface area contributed by atoms with Crippen molar-refractivity contribution in [1.82, 2.24) is 10.1 Å². The summed E-state index contributed by atoms with van der Waals surface area (Å²) in [5, 5.41) is 19.6. The van der Waals surface area contributed by atoms with E-state index in [1.807, 2.05) is 0 Å². The predicted octanol–water partition coefficient (Wildman–Crippen LogP) is 0.897. The number of piperidine rings is 1. The number of hydrazine groups is 1. The van der Waals surface area contributed by atoms with E-state index in [4.69, 9.17) is 15.8 Å². The Kier molecular flexibility index (Phi) is 5.09. The zero-order chi connectivity index (χ0) is 17.0. The molecule has 0 saturated carbocycles. The number of carbonyl (C=O) groups is 2. The summed E-state index contributed by atoms with van der Waals surface area (Å²) in [4.78, 5) is 35.0. The first kappa shape index (κ1) is 16.6. The summed E-state index contributed by atoms with van der Waals surface area (Å²) >= 11 is 0. The summed E-state index contributed by atoms with van der Waals surface area (Å²) in [5.74, 6) is 3.90. The summed E-state index contributed by atoms with van der Waals surface area (Å²) in [5.41, 5.74) is -0.112. The van der Waals surface area contributed by atoms with Crippen LogP contribution in [0.4, 0.5) is 10.5 Å². The molecule has 23 heavy (non-hydrogen) atoms. The van der Waals surface area contributed by atoms with Crippen molar-refractivity contribution in [3.8, 4) is 5.75 Å². The molecule has 10 nitrogen and oxygen atoms in total. The largest absolute Gasteiger partial charge is 0.415 e. The molecule has 0 radical (unpaired) electrons. The molecule has 0 bridgehead atoms. The first-order valence-corrected chi connectivity index (χ1v) is 6.87. The lowest BCUT2D eigenvalue weighted by molar-refractivity contribution is -0.384. The van der Waals surface area contributed by atoms with Crippen molar-refractivity contribution in [3.05, 3.63) is 34.4 Å². The number of likely N-dealkylation sites (tertiary alicyclic amines) is 1. The topological polar surface area (TPSA) is 139 Å². The van der Waals surface area contributed by atoms with E-state index in [9.17, 15) is 19.7 Å². The van der Waals surface area contributed by atoms with Crippen molar-refractivity contribution in [2.45, 2.75) is 12.8 Å². The van der Waals surface area contributed by atoms with Gasteiger partial charge in [-0.05, 0) is 25.0 Å². The second-order valence-electron chi connectivity index (χ2n) is 5.09. The number of nitro benzene ring substituents is 1. The van der Waals surface area contributed by atoms with Crippen molar-refractivity contribution in [1.29, 1.82) is 0 Å². The third-order valence-corrected chi connectivity index (χ3v) is 3.51. The van der Waals surface area contributed by atoms with E-state index in [1.54, 1.807) is 0 Å². The number of nitrogens with zero attached hydrogens (tertiary/aromatic N) is 3. The highest BCUT2D eigenvalue weighted by Crippen LogP contribution is 2.21. The minimum absolute atomic E-state index is 0.0236. The smallest absolute Gasteiger partial charge is 0.410 e. The quantitative estimate of drug-likeness (QED) is 0.277. The minimum Gasteiger partial charge on any atom is -0.410 e. The number of ether oxygens (including phenoxy) is 1. The summed E-state index contributed by atoms with van der Waals surface area (Å²) in [6.07, 6.45) is 0.409. The maximum atomic E-state index is 12.1. The lowest BCUT2D eigenvalue weighted by Crippen LogP contribution is -2.48. The molecule has 10 heteroatoms. The molecule has 2 amide bonds. The van der Waals surface area contributed by atoms with Gasteiger partial charge in [0.05, 0.1) is 10.8 Å². The number of carbonyl (C=O) groups excluding carboxylic acids is 2. The molecule has 1 saturated heterocycles. The van der Waals surface area contributed by atoms with Crippen LogP contribution in [0.15, 0.2) is 24.3 Å². The van der Waals surface area contributed by atoms with Gasteiger partial charge in [-0.3, -0.25) is 20.1 Å². The zero-order valence-corrected chi connectivity index (χ0v) is 12.1. The highest BCUT2D eigenvalue weighted by Gasteiger charge is 2.31. The van der Waals surface area contributed by atoms with E-state index < -0.39 is 22.8 Å². The average molecular weight is 324 g/mol. The van der Waals surface area contributed by atoms with Crippen molar-refractivity contribution in [2.24, 2.45) is 11.8 Å². The number of hydroxylamine groups is 1. The van der Waals surface area contributed by atoms with Crippen molar-refractivity contribution >= 4 is 17.7 Å². The van der Waals surface area contributed by atoms with E-state index in [0.29, 0.717) is 19.4 Å². The van der Waals surface area contributed by atoms with E-state index in [1.165, 1.54) is 29.2 Å². The van der Waals surface area contributed by atoms with Gasteiger partial charge < -0.3 is 9.64 Å². The van der Waals surface area contributed by atoms with Crippen LogP contribution in [0.5, 0.6) is 5.75 Å². The number of rotatable bonds is 3. The number of nitrogens with two attached hydrogens (primary N) is 1. The van der Waals surface area contributed by atoms with Crippen LogP contribution < -0.4 is 10.6 Å². The number of nitro groups is 1. The maximum absolute atomic E-state index is 12.1. The minimum atomic E-state index is -0.669. The van der Waals surface area contributed by atoms with Crippen LogP contribution in [0, 0.1) is 16.0 Å². The van der Waals surface area contributed by atoms with Crippen LogP contribution in [0.25, 0.3) is 0 Å². The van der Waals surface area contributed by atoms with Gasteiger partial charge in [-0.25, -0.2) is 10.6 Å². The molecule has 1 heterocycles. The SMILES string of the molecule is NN(O)C(=O)C1CCCN(C(=O)Oc2ccc([N+](=O)[O-])cc2)C1. The van der Waals surface area contributed by atoms with E-state index in [0.717, 1.165) is 0 Å². The first-order valence-electron chi connectivity index (χ1n) is 6.87. The fraction of sp³-hybridized carbons (Fsp3) is 0.385. The molecule has 1 aliphatic rings. The van der Waals surface area contributed by atoms with Gasteiger partial charge >= 0.3 is 6.09 Å². The van der Waals surface area contributed by atoms with Crippen LogP contribution in [-0.4, -0.2) is 45.3 Å². The Morgan fingerprint density at radius 3 is 2.61 bits per heavy atom. The van der Waals surface area contributed by atoms with Gasteiger partial charge in [-0.2, -0.15) is 5.17 Å². The predicted molar refractivity (Wildman–Crippen MR) is 76.2 cm³/mol. The van der Waals surface area contributed by atoms with Gasteiger partial charge in [0, 0.05) is 25.2 Å². The van der Waals surface area contributed by atoms with Gasteiger partial charge in [0.2, 0.25) is 0 Å². The number of hydrogen-bond donors (Lipinski definition) is 2. The molecule has 0 aromatic heterocycles. The fourth-order valence-electron chi connectivity index (χ4n) is 2.33. The number of non-ortho nitro benzene ring substituents is 1. The van der Waals surface area contributed by atoms with Crippen LogP contribution in [-0.2, 0) is 4.79 Å². The molecule has 1 atom stereocenters. The highest BCUT2D eigenvalue weighted by atomic mass is 16.6. The molecule has 1 aromatic rings. The lowest BCUT2D eigenvalue weighted by Gasteiger charge is -2.31. The Balaban J connectivity index is 1.97. The highest BCUT2D eigenvalue weighted by molar-refractivity contribution is 5.79. The van der Waals surface area contributed by atoms with Crippen LogP contribution in [0.3, 0.4) is 0 Å². The Morgan fingerprint density at radius 1 is 1.39 bits per heavy atom. The second kappa shape index (κ2) is 7.03. The molecule has 1 fully saturated rings. The summed E-state index contributed by atoms with van der Waals surface area (Å²) < 4.78 is 5.12. The van der Waals surface area contributed by atoms with Crippen molar-refractivity contribution in [3.63, 3.8) is 0 Å². The molecule has 0 spiro atoms. The summed E-state index contributed by atoms with van der Waals surface area (Å²) in [7, 11) is 0. The Bertz CT molecular complexity index is 603. The van der Waals surface area contributed by atoms with Gasteiger partial charge in [-0.1, -0.05) is 0 Å². The number of hydrogen-bond acceptors (Lipinski definition) is 7.